The third kappa shape index (κ3) is 3.64. The zero-order valence-corrected chi connectivity index (χ0v) is 14.3. The lowest BCUT2D eigenvalue weighted by atomic mass is 10.0. The minimum atomic E-state index is -0.589. The fourth-order valence-electron chi connectivity index (χ4n) is 2.83. The monoisotopic (exact) mass is 335 g/mol. The van der Waals surface area contributed by atoms with Gasteiger partial charge in [0, 0.05) is 5.69 Å². The molecule has 0 aromatic heterocycles. The van der Waals surface area contributed by atoms with E-state index < -0.39 is 6.10 Å². The molecule has 0 bridgehead atoms. The molecule has 4 heteroatoms. The van der Waals surface area contributed by atoms with Crippen molar-refractivity contribution in [1.82, 2.24) is 0 Å². The van der Waals surface area contributed by atoms with E-state index in [1.165, 1.54) is 0 Å². The van der Waals surface area contributed by atoms with Crippen molar-refractivity contribution in [2.75, 3.05) is 11.9 Å². The molecular formula is C21H21NO3. The summed E-state index contributed by atoms with van der Waals surface area (Å²) in [6, 6.07) is 18.7. The smallest absolute Gasteiger partial charge is 0.260 e. The first-order valence-electron chi connectivity index (χ1n) is 8.34. The molecular weight excluding hydrogens is 314 g/mol. The van der Waals surface area contributed by atoms with Gasteiger partial charge in [-0.15, -0.1) is 0 Å². The van der Waals surface area contributed by atoms with Crippen LogP contribution in [0.15, 0.2) is 60.7 Å². The summed E-state index contributed by atoms with van der Waals surface area (Å²) in [5.41, 5.74) is 1.90. The standard InChI is InChI=1S/C21H21NO3/c1-3-25-19-12-11-15-7-4-5-10-18(15)20(19)21(24)22-17-9-6-8-16(13-17)14(2)23/h4-14,23H,3H2,1-2H3,(H,22,24). The molecule has 0 heterocycles. The normalized spacial score (nSPS) is 12.0. The summed E-state index contributed by atoms with van der Waals surface area (Å²) in [4.78, 5) is 13.0. The second-order valence-corrected chi connectivity index (χ2v) is 5.85. The van der Waals surface area contributed by atoms with Gasteiger partial charge in [-0.05, 0) is 48.4 Å². The maximum Gasteiger partial charge on any atom is 0.260 e. The van der Waals surface area contributed by atoms with Crippen LogP contribution in [0, 0.1) is 0 Å². The van der Waals surface area contributed by atoms with Crippen LogP contribution in [0.25, 0.3) is 10.8 Å². The number of carbonyl (C=O) groups is 1. The number of hydrogen-bond acceptors (Lipinski definition) is 3. The highest BCUT2D eigenvalue weighted by atomic mass is 16.5. The van der Waals surface area contributed by atoms with Crippen molar-refractivity contribution < 1.29 is 14.6 Å². The number of benzene rings is 3. The second-order valence-electron chi connectivity index (χ2n) is 5.85. The number of aliphatic hydroxyl groups excluding tert-OH is 1. The highest BCUT2D eigenvalue weighted by Crippen LogP contribution is 2.29. The molecule has 0 saturated heterocycles. The first-order valence-corrected chi connectivity index (χ1v) is 8.34. The van der Waals surface area contributed by atoms with Crippen LogP contribution in [0.1, 0.15) is 35.9 Å². The highest BCUT2D eigenvalue weighted by molar-refractivity contribution is 6.15. The van der Waals surface area contributed by atoms with Crippen molar-refractivity contribution in [2.45, 2.75) is 20.0 Å². The molecule has 25 heavy (non-hydrogen) atoms. The number of amides is 1. The van der Waals surface area contributed by atoms with E-state index in [-0.39, 0.29) is 5.91 Å². The Morgan fingerprint density at radius 3 is 2.68 bits per heavy atom. The lowest BCUT2D eigenvalue weighted by Gasteiger charge is -2.14. The van der Waals surface area contributed by atoms with Gasteiger partial charge in [-0.25, -0.2) is 0 Å². The molecule has 0 aliphatic rings. The molecule has 3 aromatic carbocycles. The molecule has 0 saturated carbocycles. The molecule has 0 spiro atoms. The van der Waals surface area contributed by atoms with Crippen LogP contribution in [0.3, 0.4) is 0 Å². The lowest BCUT2D eigenvalue weighted by Crippen LogP contribution is -2.14. The first-order chi connectivity index (χ1) is 12.1. The van der Waals surface area contributed by atoms with E-state index in [1.54, 1.807) is 19.1 Å². The van der Waals surface area contributed by atoms with Crippen LogP contribution in [0.4, 0.5) is 5.69 Å². The predicted octanol–water partition coefficient (Wildman–Crippen LogP) is 4.54. The van der Waals surface area contributed by atoms with E-state index in [0.29, 0.717) is 23.6 Å². The summed E-state index contributed by atoms with van der Waals surface area (Å²) >= 11 is 0. The van der Waals surface area contributed by atoms with Gasteiger partial charge in [-0.1, -0.05) is 42.5 Å². The molecule has 3 aromatic rings. The maximum atomic E-state index is 13.0. The summed E-state index contributed by atoms with van der Waals surface area (Å²) in [6.07, 6.45) is -0.589. The molecule has 1 unspecified atom stereocenters. The summed E-state index contributed by atoms with van der Waals surface area (Å²) in [7, 11) is 0. The van der Waals surface area contributed by atoms with Gasteiger partial charge in [0.2, 0.25) is 0 Å². The Labute approximate surface area is 147 Å². The number of ether oxygens (including phenoxy) is 1. The number of carbonyl (C=O) groups excluding carboxylic acids is 1. The van der Waals surface area contributed by atoms with Crippen molar-refractivity contribution in [3.05, 3.63) is 71.8 Å². The van der Waals surface area contributed by atoms with Gasteiger partial charge in [0.05, 0.1) is 18.3 Å². The number of nitrogens with one attached hydrogen (secondary N) is 1. The third-order valence-corrected chi connectivity index (χ3v) is 4.04. The van der Waals surface area contributed by atoms with Crippen LogP contribution in [-0.4, -0.2) is 17.6 Å². The number of fused-ring (bicyclic) bond motifs is 1. The van der Waals surface area contributed by atoms with Crippen molar-refractivity contribution in [2.24, 2.45) is 0 Å². The molecule has 3 rings (SSSR count). The van der Waals surface area contributed by atoms with Gasteiger partial charge in [-0.2, -0.15) is 0 Å². The summed E-state index contributed by atoms with van der Waals surface area (Å²) < 4.78 is 5.67. The Hall–Kier alpha value is -2.85. The van der Waals surface area contributed by atoms with Gasteiger partial charge < -0.3 is 15.2 Å². The summed E-state index contributed by atoms with van der Waals surface area (Å²) in [5, 5.41) is 14.5. The third-order valence-electron chi connectivity index (χ3n) is 4.04. The van der Waals surface area contributed by atoms with Gasteiger partial charge in [0.15, 0.2) is 0 Å². The minimum Gasteiger partial charge on any atom is -0.493 e. The average Bonchev–Trinajstić information content (AvgIpc) is 2.61. The van der Waals surface area contributed by atoms with Crippen LogP contribution < -0.4 is 10.1 Å². The number of hydrogen-bond donors (Lipinski definition) is 2. The quantitative estimate of drug-likeness (QED) is 0.719. The Kier molecular flexibility index (Phi) is 5.00. The van der Waals surface area contributed by atoms with Gasteiger partial charge in [0.25, 0.3) is 5.91 Å². The first kappa shape index (κ1) is 17.0. The molecule has 1 atom stereocenters. The van der Waals surface area contributed by atoms with Crippen LogP contribution in [0.2, 0.25) is 0 Å². The second kappa shape index (κ2) is 7.36. The van der Waals surface area contributed by atoms with E-state index in [4.69, 9.17) is 4.74 Å². The molecule has 128 valence electrons. The predicted molar refractivity (Wildman–Crippen MR) is 100 cm³/mol. The fraction of sp³-hybridized carbons (Fsp3) is 0.190. The molecule has 0 aliphatic heterocycles. The molecule has 2 N–H and O–H groups in total. The highest BCUT2D eigenvalue weighted by Gasteiger charge is 2.17. The van der Waals surface area contributed by atoms with Crippen LogP contribution >= 0.6 is 0 Å². The SMILES string of the molecule is CCOc1ccc2ccccc2c1C(=O)Nc1cccc(C(C)O)c1. The zero-order valence-electron chi connectivity index (χ0n) is 14.3. The Balaban J connectivity index is 2.01. The van der Waals surface area contributed by atoms with E-state index >= 15 is 0 Å². The zero-order chi connectivity index (χ0) is 17.8. The number of aliphatic hydroxyl groups is 1. The topological polar surface area (TPSA) is 58.6 Å². The van der Waals surface area contributed by atoms with Crippen molar-refractivity contribution in [1.29, 1.82) is 0 Å². The average molecular weight is 335 g/mol. The number of rotatable bonds is 5. The van der Waals surface area contributed by atoms with Crippen molar-refractivity contribution in [3.8, 4) is 5.75 Å². The Morgan fingerprint density at radius 1 is 1.12 bits per heavy atom. The summed E-state index contributed by atoms with van der Waals surface area (Å²) in [6.45, 7) is 4.07. The Bertz CT molecular complexity index is 903. The maximum absolute atomic E-state index is 13.0. The molecule has 0 aliphatic carbocycles. The fourth-order valence-corrected chi connectivity index (χ4v) is 2.83. The van der Waals surface area contributed by atoms with Crippen LogP contribution in [0.5, 0.6) is 5.75 Å². The molecule has 0 radical (unpaired) electrons. The van der Waals surface area contributed by atoms with Crippen molar-refractivity contribution in [3.63, 3.8) is 0 Å². The molecule has 4 nitrogen and oxygen atoms in total. The van der Waals surface area contributed by atoms with Crippen molar-refractivity contribution >= 4 is 22.4 Å². The van der Waals surface area contributed by atoms with Crippen LogP contribution in [-0.2, 0) is 0 Å². The molecule has 0 fully saturated rings. The van der Waals surface area contributed by atoms with Gasteiger partial charge in [-0.3, -0.25) is 4.79 Å². The van der Waals surface area contributed by atoms with E-state index in [9.17, 15) is 9.90 Å². The number of anilines is 1. The van der Waals surface area contributed by atoms with Gasteiger partial charge >= 0.3 is 0 Å². The Morgan fingerprint density at radius 2 is 1.92 bits per heavy atom. The summed E-state index contributed by atoms with van der Waals surface area (Å²) in [5.74, 6) is 0.327. The van der Waals surface area contributed by atoms with E-state index in [0.717, 1.165) is 16.3 Å². The largest absolute Gasteiger partial charge is 0.493 e. The minimum absolute atomic E-state index is 0.233. The van der Waals surface area contributed by atoms with E-state index in [2.05, 4.69) is 5.32 Å². The van der Waals surface area contributed by atoms with Gasteiger partial charge in [0.1, 0.15) is 5.75 Å². The lowest BCUT2D eigenvalue weighted by molar-refractivity contribution is 0.102. The molecule has 1 amide bonds. The van der Waals surface area contributed by atoms with E-state index in [1.807, 2.05) is 55.5 Å².